The molecule has 0 radical (unpaired) electrons. The van der Waals surface area contributed by atoms with Gasteiger partial charge in [-0.1, -0.05) is 28.1 Å². The Hall–Kier alpha value is -1.87. The van der Waals surface area contributed by atoms with Crippen LogP contribution in [0.2, 0.25) is 0 Å². The van der Waals surface area contributed by atoms with Crippen LogP contribution in [0, 0.1) is 13.8 Å². The van der Waals surface area contributed by atoms with Gasteiger partial charge in [-0.05, 0) is 61.4 Å². The highest BCUT2D eigenvalue weighted by molar-refractivity contribution is 9.10. The third-order valence-electron chi connectivity index (χ3n) is 3.27. The van der Waals surface area contributed by atoms with E-state index in [-0.39, 0.29) is 0 Å². The molecule has 1 heterocycles. The molecule has 0 aliphatic carbocycles. The van der Waals surface area contributed by atoms with Crippen LogP contribution in [0.25, 0.3) is 10.9 Å². The Balaban J connectivity index is 2.02. The van der Waals surface area contributed by atoms with E-state index in [2.05, 4.69) is 59.4 Å². The Labute approximate surface area is 127 Å². The van der Waals surface area contributed by atoms with Crippen LogP contribution in [-0.4, -0.2) is 4.98 Å². The Kier molecular flexibility index (Phi) is 3.45. The first-order valence-electron chi connectivity index (χ1n) is 6.52. The molecule has 0 fully saturated rings. The zero-order valence-corrected chi connectivity index (χ0v) is 13.0. The van der Waals surface area contributed by atoms with Crippen molar-refractivity contribution in [2.45, 2.75) is 13.8 Å². The highest BCUT2D eigenvalue weighted by Crippen LogP contribution is 2.24. The first-order chi connectivity index (χ1) is 9.61. The average molecular weight is 327 g/mol. The van der Waals surface area contributed by atoms with E-state index < -0.39 is 0 Å². The van der Waals surface area contributed by atoms with Crippen LogP contribution in [0.3, 0.4) is 0 Å². The lowest BCUT2D eigenvalue weighted by atomic mass is 10.1. The molecule has 0 saturated heterocycles. The number of halogens is 1. The molecule has 3 heteroatoms. The van der Waals surface area contributed by atoms with Crippen molar-refractivity contribution < 1.29 is 0 Å². The second-order valence-corrected chi connectivity index (χ2v) is 5.90. The number of hydrogen-bond acceptors (Lipinski definition) is 2. The minimum absolute atomic E-state index is 0.908. The van der Waals surface area contributed by atoms with Gasteiger partial charge in [-0.15, -0.1) is 0 Å². The Bertz CT molecular complexity index is 764. The number of nitrogens with one attached hydrogen (secondary N) is 1. The molecule has 0 aliphatic heterocycles. The lowest BCUT2D eigenvalue weighted by molar-refractivity contribution is 1.30. The second kappa shape index (κ2) is 5.25. The van der Waals surface area contributed by atoms with Crippen molar-refractivity contribution in [2.75, 3.05) is 5.32 Å². The Morgan fingerprint density at radius 1 is 0.950 bits per heavy atom. The van der Waals surface area contributed by atoms with Gasteiger partial charge in [0.05, 0.1) is 5.52 Å². The van der Waals surface area contributed by atoms with Gasteiger partial charge in [0.1, 0.15) is 5.82 Å². The summed E-state index contributed by atoms with van der Waals surface area (Å²) in [4.78, 5) is 4.73. The molecule has 0 atom stereocenters. The summed E-state index contributed by atoms with van der Waals surface area (Å²) in [6.07, 6.45) is 0. The molecule has 0 saturated carbocycles. The van der Waals surface area contributed by atoms with Gasteiger partial charge in [0.2, 0.25) is 0 Å². The third-order valence-corrected chi connectivity index (χ3v) is 3.80. The van der Waals surface area contributed by atoms with Gasteiger partial charge in [-0.25, -0.2) is 4.98 Å². The SMILES string of the molecule is Cc1ccc2cc(C)c(Nc3ccc(Br)cc3)nc2c1. The average Bonchev–Trinajstić information content (AvgIpc) is 2.42. The van der Waals surface area contributed by atoms with E-state index in [1.807, 2.05) is 24.3 Å². The molecule has 0 spiro atoms. The van der Waals surface area contributed by atoms with Crippen LogP contribution >= 0.6 is 15.9 Å². The highest BCUT2D eigenvalue weighted by Gasteiger charge is 2.04. The van der Waals surface area contributed by atoms with Crippen molar-refractivity contribution in [3.05, 3.63) is 64.1 Å². The molecule has 2 nitrogen and oxygen atoms in total. The largest absolute Gasteiger partial charge is 0.340 e. The molecule has 3 aromatic rings. The number of nitrogens with zero attached hydrogens (tertiary/aromatic N) is 1. The minimum Gasteiger partial charge on any atom is -0.340 e. The Morgan fingerprint density at radius 2 is 1.70 bits per heavy atom. The van der Waals surface area contributed by atoms with E-state index in [0.717, 1.165) is 27.1 Å². The van der Waals surface area contributed by atoms with E-state index in [0.29, 0.717) is 0 Å². The fourth-order valence-corrected chi connectivity index (χ4v) is 2.44. The van der Waals surface area contributed by atoms with Gasteiger partial charge in [-0.3, -0.25) is 0 Å². The van der Waals surface area contributed by atoms with Crippen LogP contribution in [0.5, 0.6) is 0 Å². The standard InChI is InChI=1S/C17H15BrN2/c1-11-3-4-13-10-12(2)17(20-16(13)9-11)19-15-7-5-14(18)6-8-15/h3-10H,1-2H3,(H,19,20). The number of pyridine rings is 1. The molecule has 0 unspecified atom stereocenters. The second-order valence-electron chi connectivity index (χ2n) is 4.98. The summed E-state index contributed by atoms with van der Waals surface area (Å²) in [5.41, 5.74) is 4.43. The van der Waals surface area contributed by atoms with Crippen molar-refractivity contribution in [1.29, 1.82) is 0 Å². The zero-order valence-electron chi connectivity index (χ0n) is 11.4. The van der Waals surface area contributed by atoms with E-state index in [1.54, 1.807) is 0 Å². The fourth-order valence-electron chi connectivity index (χ4n) is 2.18. The molecule has 0 amide bonds. The van der Waals surface area contributed by atoms with E-state index in [4.69, 9.17) is 4.98 Å². The Morgan fingerprint density at radius 3 is 2.45 bits per heavy atom. The van der Waals surface area contributed by atoms with Crippen LogP contribution < -0.4 is 5.32 Å². The number of hydrogen-bond donors (Lipinski definition) is 1. The summed E-state index contributed by atoms with van der Waals surface area (Å²) in [6.45, 7) is 4.16. The number of fused-ring (bicyclic) bond motifs is 1. The molecule has 1 N–H and O–H groups in total. The molecule has 100 valence electrons. The first kappa shape index (κ1) is 13.1. The third kappa shape index (κ3) is 2.68. The van der Waals surface area contributed by atoms with E-state index in [1.165, 1.54) is 10.9 Å². The number of aryl methyl sites for hydroxylation is 2. The smallest absolute Gasteiger partial charge is 0.134 e. The lowest BCUT2D eigenvalue weighted by Gasteiger charge is -2.10. The maximum atomic E-state index is 4.73. The fraction of sp³-hybridized carbons (Fsp3) is 0.118. The molecule has 3 rings (SSSR count). The topological polar surface area (TPSA) is 24.9 Å². The highest BCUT2D eigenvalue weighted by atomic mass is 79.9. The van der Waals surface area contributed by atoms with Crippen LogP contribution in [-0.2, 0) is 0 Å². The molecule has 2 aromatic carbocycles. The van der Waals surface area contributed by atoms with Gasteiger partial charge in [0, 0.05) is 15.5 Å². The van der Waals surface area contributed by atoms with Gasteiger partial charge in [0.25, 0.3) is 0 Å². The quantitative estimate of drug-likeness (QED) is 0.685. The predicted molar refractivity (Wildman–Crippen MR) is 88.6 cm³/mol. The monoisotopic (exact) mass is 326 g/mol. The summed E-state index contributed by atoms with van der Waals surface area (Å²) >= 11 is 3.44. The van der Waals surface area contributed by atoms with Crippen LogP contribution in [0.15, 0.2) is 53.0 Å². The molecular formula is C17H15BrN2. The van der Waals surface area contributed by atoms with E-state index in [9.17, 15) is 0 Å². The molecule has 1 aromatic heterocycles. The minimum atomic E-state index is 0.908. The van der Waals surface area contributed by atoms with Gasteiger partial charge < -0.3 is 5.32 Å². The number of benzene rings is 2. The summed E-state index contributed by atoms with van der Waals surface area (Å²) < 4.78 is 1.07. The summed E-state index contributed by atoms with van der Waals surface area (Å²) in [7, 11) is 0. The number of rotatable bonds is 2. The van der Waals surface area contributed by atoms with Crippen molar-refractivity contribution >= 4 is 38.3 Å². The summed E-state index contributed by atoms with van der Waals surface area (Å²) in [6, 6.07) is 16.6. The molecular weight excluding hydrogens is 312 g/mol. The summed E-state index contributed by atoms with van der Waals surface area (Å²) in [5.74, 6) is 0.908. The molecule has 0 bridgehead atoms. The van der Waals surface area contributed by atoms with Gasteiger partial charge in [-0.2, -0.15) is 0 Å². The van der Waals surface area contributed by atoms with Gasteiger partial charge >= 0.3 is 0 Å². The van der Waals surface area contributed by atoms with Crippen molar-refractivity contribution in [3.63, 3.8) is 0 Å². The zero-order chi connectivity index (χ0) is 14.1. The van der Waals surface area contributed by atoms with Crippen molar-refractivity contribution in [1.82, 2.24) is 4.98 Å². The maximum absolute atomic E-state index is 4.73. The van der Waals surface area contributed by atoms with Gasteiger partial charge in [0.15, 0.2) is 0 Å². The maximum Gasteiger partial charge on any atom is 0.134 e. The normalized spacial score (nSPS) is 10.8. The lowest BCUT2D eigenvalue weighted by Crippen LogP contribution is -1.97. The number of anilines is 2. The van der Waals surface area contributed by atoms with Crippen molar-refractivity contribution in [2.24, 2.45) is 0 Å². The molecule has 20 heavy (non-hydrogen) atoms. The first-order valence-corrected chi connectivity index (χ1v) is 7.32. The van der Waals surface area contributed by atoms with Crippen LogP contribution in [0.1, 0.15) is 11.1 Å². The number of aromatic nitrogens is 1. The van der Waals surface area contributed by atoms with Crippen molar-refractivity contribution in [3.8, 4) is 0 Å². The predicted octanol–water partition coefficient (Wildman–Crippen LogP) is 5.36. The van der Waals surface area contributed by atoms with Crippen LogP contribution in [0.4, 0.5) is 11.5 Å². The summed E-state index contributed by atoms with van der Waals surface area (Å²) in [5, 5.41) is 4.55. The van der Waals surface area contributed by atoms with E-state index >= 15 is 0 Å². The molecule has 0 aliphatic rings.